The summed E-state index contributed by atoms with van der Waals surface area (Å²) in [6, 6.07) is 9.84. The maximum absolute atomic E-state index is 13.6. The number of benzene rings is 2. The number of hydrogen-bond acceptors (Lipinski definition) is 6. The fourth-order valence-corrected chi connectivity index (χ4v) is 5.69. The number of halogens is 2. The van der Waals surface area contributed by atoms with Crippen molar-refractivity contribution in [3.05, 3.63) is 71.3 Å². The number of fused-ring (bicyclic) bond motifs is 10. The zero-order chi connectivity index (χ0) is 28.1. The number of carbonyl (C=O) groups excluding carboxylic acids is 1. The van der Waals surface area contributed by atoms with Gasteiger partial charge in [-0.3, -0.25) is 9.78 Å². The number of pyridine rings is 1. The minimum atomic E-state index is -3.14. The first-order chi connectivity index (χ1) is 18.9. The van der Waals surface area contributed by atoms with Gasteiger partial charge in [0, 0.05) is 40.4 Å². The highest BCUT2D eigenvalue weighted by Crippen LogP contribution is 2.50. The average Bonchev–Trinajstić information content (AvgIpc) is 3.49. The molecule has 0 unspecified atom stereocenters. The van der Waals surface area contributed by atoms with Crippen molar-refractivity contribution >= 4 is 16.9 Å². The summed E-state index contributed by atoms with van der Waals surface area (Å²) in [5, 5.41) is 10.5. The third kappa shape index (κ3) is 3.11. The van der Waals surface area contributed by atoms with Gasteiger partial charge >= 0.3 is 6.61 Å². The van der Waals surface area contributed by atoms with Gasteiger partial charge in [0.05, 0.1) is 23.1 Å². The van der Waals surface area contributed by atoms with Gasteiger partial charge in [-0.05, 0) is 42.8 Å². The molecule has 0 saturated heterocycles. The van der Waals surface area contributed by atoms with Crippen LogP contribution in [-0.4, -0.2) is 50.6 Å². The summed E-state index contributed by atoms with van der Waals surface area (Å²) in [5.74, 6) is -0.148. The molecule has 37 heavy (non-hydrogen) atoms. The molecule has 4 aromatic rings. The van der Waals surface area contributed by atoms with Gasteiger partial charge in [-0.2, -0.15) is 8.78 Å². The molecule has 2 aromatic heterocycles. The first kappa shape index (κ1) is 19.1. The molecule has 188 valence electrons. The molecular weight excluding hydrogens is 482 g/mol. The molecule has 0 spiro atoms. The van der Waals surface area contributed by atoms with Crippen molar-refractivity contribution in [2.24, 2.45) is 0 Å². The van der Waals surface area contributed by atoms with Gasteiger partial charge in [0.25, 0.3) is 5.91 Å². The van der Waals surface area contributed by atoms with Crippen LogP contribution in [0.2, 0.25) is 0 Å². The molecule has 1 amide bonds. The standard InChI is InChI=1S/C27H22F2N4O4/c1-27(35)12-36-21-9-14(11-30-23(21)27)13-6-7-16-17(8-13)33-18-10-19(24(33)31-16)32(2)25(34)15-4-3-5-20(22(15)18)37-26(28)29/h3-9,11,18-19,26,35H,10,12H2,1-2H3/t18-,19-,27+/m1/s1/i2D3. The van der Waals surface area contributed by atoms with Gasteiger partial charge in [-0.1, -0.05) is 12.1 Å². The third-order valence-electron chi connectivity index (χ3n) is 7.35. The third-order valence-corrected chi connectivity index (χ3v) is 7.35. The van der Waals surface area contributed by atoms with Crippen molar-refractivity contribution in [3.63, 3.8) is 0 Å². The second kappa shape index (κ2) is 7.48. The Morgan fingerprint density at radius 3 is 2.92 bits per heavy atom. The van der Waals surface area contributed by atoms with Crippen molar-refractivity contribution in [1.82, 2.24) is 19.4 Å². The van der Waals surface area contributed by atoms with Crippen LogP contribution in [0.15, 0.2) is 48.7 Å². The van der Waals surface area contributed by atoms with Gasteiger partial charge in [0.1, 0.15) is 35.2 Å². The van der Waals surface area contributed by atoms with E-state index >= 15 is 0 Å². The quantitative estimate of drug-likeness (QED) is 0.442. The van der Waals surface area contributed by atoms with E-state index in [2.05, 4.69) is 4.98 Å². The van der Waals surface area contributed by atoms with Crippen molar-refractivity contribution in [1.29, 1.82) is 0 Å². The number of ether oxygens (including phenoxy) is 2. The average molecular weight is 508 g/mol. The van der Waals surface area contributed by atoms with Crippen LogP contribution in [-0.2, 0) is 5.60 Å². The summed E-state index contributed by atoms with van der Waals surface area (Å²) in [4.78, 5) is 23.5. The van der Waals surface area contributed by atoms with E-state index in [9.17, 15) is 18.7 Å². The number of carbonyl (C=O) groups is 1. The van der Waals surface area contributed by atoms with E-state index in [1.54, 1.807) is 25.3 Å². The van der Waals surface area contributed by atoms with E-state index in [4.69, 9.17) is 18.6 Å². The Bertz CT molecular complexity index is 1720. The molecule has 5 heterocycles. The van der Waals surface area contributed by atoms with Crippen LogP contribution in [0.3, 0.4) is 0 Å². The highest BCUT2D eigenvalue weighted by molar-refractivity contribution is 5.98. The zero-order valence-electron chi connectivity index (χ0n) is 22.5. The van der Waals surface area contributed by atoms with E-state index in [0.29, 0.717) is 33.9 Å². The van der Waals surface area contributed by atoms with Crippen LogP contribution in [0.1, 0.15) is 57.0 Å². The molecular formula is C27H22F2N4O4. The minimum Gasteiger partial charge on any atom is -0.488 e. The zero-order valence-corrected chi connectivity index (χ0v) is 19.5. The summed E-state index contributed by atoms with van der Waals surface area (Å²) in [7, 11) is 0. The summed E-state index contributed by atoms with van der Waals surface area (Å²) in [6.07, 6.45) is 1.76. The van der Waals surface area contributed by atoms with Gasteiger partial charge in [0.2, 0.25) is 0 Å². The Balaban J connectivity index is 1.43. The molecule has 7 rings (SSSR count). The van der Waals surface area contributed by atoms with Crippen LogP contribution < -0.4 is 9.47 Å². The fraction of sp³-hybridized carbons (Fsp3) is 0.296. The maximum atomic E-state index is 13.6. The predicted octanol–water partition coefficient (Wildman–Crippen LogP) is 4.42. The number of aromatic nitrogens is 3. The number of rotatable bonds is 3. The lowest BCUT2D eigenvalue weighted by molar-refractivity contribution is -0.0507. The maximum Gasteiger partial charge on any atom is 0.387 e. The van der Waals surface area contributed by atoms with E-state index in [1.807, 2.05) is 16.7 Å². The molecule has 10 heteroatoms. The van der Waals surface area contributed by atoms with Crippen LogP contribution in [0.25, 0.3) is 22.2 Å². The molecule has 2 aromatic carbocycles. The Morgan fingerprint density at radius 1 is 1.24 bits per heavy atom. The lowest BCUT2D eigenvalue weighted by Crippen LogP contribution is -2.30. The van der Waals surface area contributed by atoms with Crippen LogP contribution in [0, 0.1) is 0 Å². The number of amides is 1. The van der Waals surface area contributed by atoms with Crippen LogP contribution in [0.4, 0.5) is 8.78 Å². The number of nitrogens with zero attached hydrogens (tertiary/aromatic N) is 4. The second-order valence-corrected chi connectivity index (χ2v) is 9.72. The molecule has 1 N–H and O–H groups in total. The summed E-state index contributed by atoms with van der Waals surface area (Å²) in [6.45, 7) is -4.21. The van der Waals surface area contributed by atoms with E-state index in [1.165, 1.54) is 18.2 Å². The number of aliphatic hydroxyl groups is 1. The van der Waals surface area contributed by atoms with Crippen molar-refractivity contribution in [3.8, 4) is 22.6 Å². The first-order valence-corrected chi connectivity index (χ1v) is 11.7. The normalized spacial score (nSPS) is 25.2. The molecule has 0 aliphatic carbocycles. The van der Waals surface area contributed by atoms with Gasteiger partial charge < -0.3 is 24.0 Å². The largest absolute Gasteiger partial charge is 0.488 e. The summed E-state index contributed by atoms with van der Waals surface area (Å²) < 4.78 is 63.5. The predicted molar refractivity (Wildman–Crippen MR) is 129 cm³/mol. The molecule has 0 fully saturated rings. The smallest absolute Gasteiger partial charge is 0.387 e. The van der Waals surface area contributed by atoms with Gasteiger partial charge in [0.15, 0.2) is 0 Å². The lowest BCUT2D eigenvalue weighted by atomic mass is 9.97. The Morgan fingerprint density at radius 2 is 2.11 bits per heavy atom. The molecule has 3 aliphatic rings. The fourth-order valence-electron chi connectivity index (χ4n) is 5.69. The first-order valence-electron chi connectivity index (χ1n) is 13.2. The van der Waals surface area contributed by atoms with Crippen LogP contribution >= 0.6 is 0 Å². The lowest BCUT2D eigenvalue weighted by Gasteiger charge is -2.24. The molecule has 8 nitrogen and oxygen atoms in total. The molecule has 2 bridgehead atoms. The highest BCUT2D eigenvalue weighted by atomic mass is 19.3. The molecule has 3 aliphatic heterocycles. The molecule has 0 saturated carbocycles. The summed E-state index contributed by atoms with van der Waals surface area (Å²) in [5.41, 5.74) is 2.11. The Labute approximate surface area is 214 Å². The summed E-state index contributed by atoms with van der Waals surface area (Å²) >= 11 is 0. The SMILES string of the molecule is [2H]C([2H])([2H])N1C(=O)c2cccc(OC(F)F)c2[C@H]2C[C@@H]1c1nc3ccc(-c4cnc5c(c4)OC[C@]5(C)O)cc3n12. The monoisotopic (exact) mass is 507 g/mol. The van der Waals surface area contributed by atoms with Crippen molar-refractivity contribution < 1.29 is 32.3 Å². The van der Waals surface area contributed by atoms with E-state index < -0.39 is 37.2 Å². The number of alkyl halides is 2. The van der Waals surface area contributed by atoms with Crippen LogP contribution in [0.5, 0.6) is 11.5 Å². The van der Waals surface area contributed by atoms with Gasteiger partial charge in [-0.15, -0.1) is 0 Å². The van der Waals surface area contributed by atoms with Gasteiger partial charge in [-0.25, -0.2) is 4.98 Å². The van der Waals surface area contributed by atoms with E-state index in [0.717, 1.165) is 10.5 Å². The Kier molecular flexibility index (Phi) is 3.87. The van der Waals surface area contributed by atoms with E-state index in [-0.39, 0.29) is 29.9 Å². The molecule has 3 atom stereocenters. The highest BCUT2D eigenvalue weighted by Gasteiger charge is 2.45. The minimum absolute atomic E-state index is 0.00236. The number of imidazole rings is 1. The molecule has 0 radical (unpaired) electrons. The van der Waals surface area contributed by atoms with Crippen molar-refractivity contribution in [2.45, 2.75) is 37.6 Å². The topological polar surface area (TPSA) is 89.7 Å². The number of hydrogen-bond donors (Lipinski definition) is 1. The Hall–Kier alpha value is -4.05. The van der Waals surface area contributed by atoms with Crippen molar-refractivity contribution in [2.75, 3.05) is 13.6 Å². The second-order valence-electron chi connectivity index (χ2n) is 9.72.